The fourth-order valence-electron chi connectivity index (χ4n) is 1.87. The molecule has 0 aliphatic heterocycles. The van der Waals surface area contributed by atoms with E-state index in [1.807, 2.05) is 25.1 Å². The molecule has 0 unspecified atom stereocenters. The van der Waals surface area contributed by atoms with Gasteiger partial charge in [0.1, 0.15) is 0 Å². The third kappa shape index (κ3) is 3.39. The van der Waals surface area contributed by atoms with E-state index in [-0.39, 0.29) is 12.5 Å². The number of halogens is 1. The van der Waals surface area contributed by atoms with E-state index in [9.17, 15) is 4.79 Å². The van der Waals surface area contributed by atoms with Crippen LogP contribution in [0.2, 0.25) is 0 Å². The highest BCUT2D eigenvalue weighted by Crippen LogP contribution is 2.29. The Morgan fingerprint density at radius 2 is 2.25 bits per heavy atom. The van der Waals surface area contributed by atoms with Gasteiger partial charge >= 0.3 is 0 Å². The van der Waals surface area contributed by atoms with E-state index in [1.165, 1.54) is 0 Å². The predicted octanol–water partition coefficient (Wildman–Crippen LogP) is 2.52. The number of pyridine rings is 1. The lowest BCUT2D eigenvalue weighted by atomic mass is 10.1. The molecular weight excluding hydrogens is 320 g/mol. The van der Waals surface area contributed by atoms with Gasteiger partial charge in [-0.2, -0.15) is 0 Å². The van der Waals surface area contributed by atoms with Crippen molar-refractivity contribution in [1.82, 2.24) is 10.3 Å². The second-order valence-electron chi connectivity index (χ2n) is 4.45. The predicted molar refractivity (Wildman–Crippen MR) is 85.6 cm³/mol. The van der Waals surface area contributed by atoms with Crippen LogP contribution in [0.1, 0.15) is 13.3 Å². The molecule has 0 fully saturated rings. The average Bonchev–Trinajstić information content (AvgIpc) is 2.44. The monoisotopic (exact) mass is 336 g/mol. The van der Waals surface area contributed by atoms with Gasteiger partial charge in [0.15, 0.2) is 0 Å². The molecule has 1 heterocycles. The molecular formula is C14H17BrN4O. The van der Waals surface area contributed by atoms with Gasteiger partial charge < -0.3 is 16.4 Å². The standard InChI is InChI=1S/C14H17BrN4O/c1-2-5-17-13(20)8-19-14-10-6-9(15)3-4-12(10)18-7-11(14)16/h3-4,6-7H,2,5,8,16H2,1H3,(H,17,20)(H,18,19). The Morgan fingerprint density at radius 3 is 3.00 bits per heavy atom. The summed E-state index contributed by atoms with van der Waals surface area (Å²) in [5.41, 5.74) is 8.05. The smallest absolute Gasteiger partial charge is 0.239 e. The van der Waals surface area contributed by atoms with Crippen LogP contribution in [0.4, 0.5) is 11.4 Å². The van der Waals surface area contributed by atoms with E-state index in [0.29, 0.717) is 12.2 Å². The minimum Gasteiger partial charge on any atom is -0.396 e. The van der Waals surface area contributed by atoms with Crippen molar-refractivity contribution in [3.8, 4) is 0 Å². The second-order valence-corrected chi connectivity index (χ2v) is 5.37. The number of amides is 1. The molecule has 4 N–H and O–H groups in total. The Bertz CT molecular complexity index is 625. The van der Waals surface area contributed by atoms with Crippen LogP contribution < -0.4 is 16.4 Å². The van der Waals surface area contributed by atoms with E-state index in [1.54, 1.807) is 6.20 Å². The molecule has 5 nitrogen and oxygen atoms in total. The van der Waals surface area contributed by atoms with Gasteiger partial charge in [-0.1, -0.05) is 22.9 Å². The van der Waals surface area contributed by atoms with Crippen LogP contribution in [0.15, 0.2) is 28.9 Å². The van der Waals surface area contributed by atoms with Crippen molar-refractivity contribution < 1.29 is 4.79 Å². The molecule has 0 radical (unpaired) electrons. The fraction of sp³-hybridized carbons (Fsp3) is 0.286. The van der Waals surface area contributed by atoms with Crippen molar-refractivity contribution in [2.45, 2.75) is 13.3 Å². The van der Waals surface area contributed by atoms with Gasteiger partial charge in [-0.05, 0) is 24.6 Å². The van der Waals surface area contributed by atoms with Crippen molar-refractivity contribution in [2.75, 3.05) is 24.1 Å². The number of hydrogen-bond donors (Lipinski definition) is 3. The Balaban J connectivity index is 2.22. The van der Waals surface area contributed by atoms with Gasteiger partial charge in [-0.15, -0.1) is 0 Å². The molecule has 1 aromatic heterocycles. The van der Waals surface area contributed by atoms with Gasteiger partial charge in [0, 0.05) is 16.4 Å². The Kier molecular flexibility index (Phi) is 4.79. The SMILES string of the molecule is CCCNC(=O)CNc1c(N)cnc2ccc(Br)cc12. The first-order valence-electron chi connectivity index (χ1n) is 6.46. The van der Waals surface area contributed by atoms with Crippen molar-refractivity contribution in [1.29, 1.82) is 0 Å². The van der Waals surface area contributed by atoms with Crippen LogP contribution in [0.5, 0.6) is 0 Å². The van der Waals surface area contributed by atoms with Crippen LogP contribution in [-0.4, -0.2) is 24.0 Å². The Labute approximate surface area is 126 Å². The number of nitrogens with one attached hydrogen (secondary N) is 2. The maximum absolute atomic E-state index is 11.7. The molecule has 6 heteroatoms. The van der Waals surface area contributed by atoms with Crippen LogP contribution in [0.25, 0.3) is 10.9 Å². The topological polar surface area (TPSA) is 80.0 Å². The molecule has 0 spiro atoms. The molecule has 1 aromatic carbocycles. The van der Waals surface area contributed by atoms with Crippen LogP contribution in [0.3, 0.4) is 0 Å². The minimum atomic E-state index is -0.0498. The van der Waals surface area contributed by atoms with Crippen molar-refractivity contribution in [3.05, 3.63) is 28.9 Å². The maximum atomic E-state index is 11.7. The number of fused-ring (bicyclic) bond motifs is 1. The minimum absolute atomic E-state index is 0.0498. The number of carbonyl (C=O) groups is 1. The van der Waals surface area contributed by atoms with Crippen LogP contribution >= 0.6 is 15.9 Å². The molecule has 20 heavy (non-hydrogen) atoms. The van der Waals surface area contributed by atoms with Gasteiger partial charge in [0.05, 0.1) is 29.6 Å². The fourth-order valence-corrected chi connectivity index (χ4v) is 2.23. The summed E-state index contributed by atoms with van der Waals surface area (Å²) < 4.78 is 0.941. The largest absolute Gasteiger partial charge is 0.396 e. The lowest BCUT2D eigenvalue weighted by Crippen LogP contribution is -2.30. The number of nitrogen functional groups attached to an aromatic ring is 1. The summed E-state index contributed by atoms with van der Waals surface area (Å²) >= 11 is 3.43. The van der Waals surface area contributed by atoms with Gasteiger partial charge in [-0.3, -0.25) is 9.78 Å². The summed E-state index contributed by atoms with van der Waals surface area (Å²) in [7, 11) is 0. The van der Waals surface area contributed by atoms with Gasteiger partial charge in [-0.25, -0.2) is 0 Å². The summed E-state index contributed by atoms with van der Waals surface area (Å²) in [6, 6.07) is 5.76. The van der Waals surface area contributed by atoms with Crippen molar-refractivity contribution in [2.24, 2.45) is 0 Å². The summed E-state index contributed by atoms with van der Waals surface area (Å²) in [5, 5.41) is 6.80. The molecule has 0 atom stereocenters. The third-order valence-electron chi connectivity index (χ3n) is 2.86. The molecule has 0 aliphatic carbocycles. The van der Waals surface area contributed by atoms with Crippen LogP contribution in [-0.2, 0) is 4.79 Å². The first-order chi connectivity index (χ1) is 9.61. The molecule has 106 valence electrons. The van der Waals surface area contributed by atoms with E-state index >= 15 is 0 Å². The number of rotatable bonds is 5. The molecule has 0 saturated carbocycles. The van der Waals surface area contributed by atoms with E-state index < -0.39 is 0 Å². The maximum Gasteiger partial charge on any atom is 0.239 e. The quantitative estimate of drug-likeness (QED) is 0.783. The van der Waals surface area contributed by atoms with Crippen LogP contribution in [0, 0.1) is 0 Å². The van der Waals surface area contributed by atoms with E-state index in [0.717, 1.165) is 27.5 Å². The molecule has 1 amide bonds. The number of carbonyl (C=O) groups excluding carboxylic acids is 1. The zero-order valence-corrected chi connectivity index (χ0v) is 12.8. The summed E-state index contributed by atoms with van der Waals surface area (Å²) in [4.78, 5) is 15.9. The zero-order chi connectivity index (χ0) is 14.5. The number of nitrogens with zero attached hydrogens (tertiary/aromatic N) is 1. The molecule has 2 aromatic rings. The summed E-state index contributed by atoms with van der Waals surface area (Å²) in [5.74, 6) is -0.0498. The Hall–Kier alpha value is -1.82. The highest BCUT2D eigenvalue weighted by molar-refractivity contribution is 9.10. The molecule has 0 aliphatic rings. The normalized spacial score (nSPS) is 10.5. The first-order valence-corrected chi connectivity index (χ1v) is 7.25. The second kappa shape index (κ2) is 6.56. The van der Waals surface area contributed by atoms with E-state index in [2.05, 4.69) is 31.5 Å². The molecule has 0 bridgehead atoms. The molecule has 2 rings (SSSR count). The zero-order valence-electron chi connectivity index (χ0n) is 11.2. The van der Waals surface area contributed by atoms with E-state index in [4.69, 9.17) is 5.73 Å². The lowest BCUT2D eigenvalue weighted by molar-refractivity contribution is -0.119. The lowest BCUT2D eigenvalue weighted by Gasteiger charge is -2.12. The van der Waals surface area contributed by atoms with Crippen molar-refractivity contribution in [3.63, 3.8) is 0 Å². The molecule has 0 saturated heterocycles. The summed E-state index contributed by atoms with van der Waals surface area (Å²) in [6.07, 6.45) is 2.52. The number of aromatic nitrogens is 1. The van der Waals surface area contributed by atoms with Crippen molar-refractivity contribution >= 4 is 44.1 Å². The third-order valence-corrected chi connectivity index (χ3v) is 3.35. The highest BCUT2D eigenvalue weighted by Gasteiger charge is 2.08. The average molecular weight is 337 g/mol. The highest BCUT2D eigenvalue weighted by atomic mass is 79.9. The number of hydrogen-bond acceptors (Lipinski definition) is 4. The van der Waals surface area contributed by atoms with Gasteiger partial charge in [0.25, 0.3) is 0 Å². The number of benzene rings is 1. The van der Waals surface area contributed by atoms with Gasteiger partial charge in [0.2, 0.25) is 5.91 Å². The first kappa shape index (κ1) is 14.6. The number of nitrogens with two attached hydrogens (primary N) is 1. The number of anilines is 2. The Morgan fingerprint density at radius 1 is 1.45 bits per heavy atom. The summed E-state index contributed by atoms with van der Waals surface area (Å²) in [6.45, 7) is 2.88.